The van der Waals surface area contributed by atoms with E-state index in [1.807, 2.05) is 66.7 Å². The molecule has 0 spiro atoms. The average Bonchev–Trinajstić information content (AvgIpc) is 1.40. The van der Waals surface area contributed by atoms with Crippen molar-refractivity contribution in [2.24, 2.45) is 5.14 Å². The van der Waals surface area contributed by atoms with Gasteiger partial charge in [0.15, 0.2) is 46.0 Å². The summed E-state index contributed by atoms with van der Waals surface area (Å²) < 4.78 is 150. The molecule has 7 aromatic heterocycles. The Labute approximate surface area is 649 Å². The number of H-pyrrole nitrogens is 1. The maximum absolute atomic E-state index is 11.9. The summed E-state index contributed by atoms with van der Waals surface area (Å²) in [4.78, 5) is 46.1. The minimum Gasteiger partial charge on any atom is -0.493 e. The summed E-state index contributed by atoms with van der Waals surface area (Å²) in [7, 11) is -1.09. The van der Waals surface area contributed by atoms with Gasteiger partial charge >= 0.3 is 0 Å². The van der Waals surface area contributed by atoms with Gasteiger partial charge in [-0.15, -0.1) is 11.3 Å². The molecule has 0 saturated carbocycles. The molecule has 0 saturated heterocycles. The highest BCUT2D eigenvalue weighted by Gasteiger charge is 2.30. The van der Waals surface area contributed by atoms with Crippen molar-refractivity contribution in [1.29, 1.82) is 0 Å². The molecule has 16 rings (SSSR count). The van der Waals surface area contributed by atoms with Crippen LogP contribution in [-0.4, -0.2) is 180 Å². The van der Waals surface area contributed by atoms with Crippen molar-refractivity contribution < 1.29 is 76.0 Å². The van der Waals surface area contributed by atoms with Crippen molar-refractivity contribution >= 4 is 135 Å². The molecule has 39 heteroatoms. The predicted octanol–water partition coefficient (Wildman–Crippen LogP) is 9.00. The number of sulfonamides is 3. The Bertz CT molecular complexity index is 5620. The third-order valence-corrected chi connectivity index (χ3v) is 22.7. The molecule has 4 aliphatic rings. The Balaban J connectivity index is 0.000000131. The number of furan rings is 1. The zero-order chi connectivity index (χ0) is 79.6. The number of fused-ring (bicyclic) bond motifs is 8. The lowest BCUT2D eigenvalue weighted by Gasteiger charge is -2.29. The van der Waals surface area contributed by atoms with E-state index in [1.165, 1.54) is 39.5 Å². The molecular weight excluding hydrogens is 1550 g/mol. The summed E-state index contributed by atoms with van der Waals surface area (Å²) in [5, 5.41) is 9.43. The lowest BCUT2D eigenvalue weighted by Crippen LogP contribution is -2.40. The molecule has 0 radical (unpaired) electrons. The monoisotopic (exact) mass is 1630 g/mol. The highest BCUT2D eigenvalue weighted by atomic mass is 32.2. The largest absolute Gasteiger partial charge is 0.493 e. The van der Waals surface area contributed by atoms with Gasteiger partial charge in [0.05, 0.1) is 109 Å². The lowest BCUT2D eigenvalue weighted by atomic mass is 9.98. The highest BCUT2D eigenvalue weighted by Crippen LogP contribution is 2.43. The van der Waals surface area contributed by atoms with E-state index < -0.39 is 40.3 Å². The Morgan fingerprint density at radius 1 is 0.438 bits per heavy atom. The number of hydrogen-bond acceptors (Lipinski definition) is 29. The van der Waals surface area contributed by atoms with Crippen LogP contribution in [-0.2, 0) is 85.6 Å². The van der Waals surface area contributed by atoms with Gasteiger partial charge in [-0.25, -0.2) is 70.3 Å². The molecule has 6 N–H and O–H groups in total. The molecule has 112 heavy (non-hydrogen) atoms. The molecular formula is C73H81N17O17S5. The SMILES string of the molecule is COc1cc2ncnc(-c3ccc4c(c3)CCCN4S(N)(=O)=O)c2cc1OC.COc1cc2ncnc(N3CCc4[nH]c(NS(C)(=O)=O)cc4C3)c2cc1OC.COc1cc2ncnc(N3CCc4oc(NS(C)(=O)=O)cc4C3)c2cc1OC.COc1cc2ncnc(N3CCc4sc(NS(C)(=O)=O)cc4C3)c2cc1OC. The maximum Gasteiger partial charge on any atom is 0.299 e. The van der Waals surface area contributed by atoms with Crippen LogP contribution in [0.1, 0.15) is 45.0 Å². The topological polar surface area (TPSA) is 418 Å². The molecule has 11 heterocycles. The molecule has 0 amide bonds. The number of methoxy groups -OCH3 is 8. The number of aromatic nitrogens is 9. The molecule has 34 nitrogen and oxygen atoms in total. The standard InChI is InChI=1S/C19H20N4O4S.C18H21N5O4S.C18H20N4O5S.C18H20N4O4S2/c1-26-17-9-14-15(10-18(17)27-2)21-11-22-19(14)13-5-6-16-12(8-13)4-3-7-23(16)28(20,24)25;1-26-15-7-12-14(8-16(15)27-2)19-10-20-18(12)23-5-4-13-11(9-23)6-17(21-13)22-28(3,24)25;1-25-15-7-12-13(8-16(15)26-2)19-10-20-18(12)22-5-4-14-11(9-22)6-17(27-14)21-28(3,23)24;1-25-14-7-12-13(8-15(14)26-2)19-10-20-18(12)22-5-4-16-11(9-22)6-17(27-16)21-28(3,23)24/h5-6,8-11H,3-4,7H2,1-2H3,(H2,20,24,25);6-8,10,21-22H,4-5,9H2,1-3H3;2*6-8,10,21H,4-5,9H2,1-3H3. The number of anilines is 7. The predicted molar refractivity (Wildman–Crippen MR) is 428 cm³/mol. The first-order valence-electron chi connectivity index (χ1n) is 34.6. The normalized spacial score (nSPS) is 14.0. The van der Waals surface area contributed by atoms with E-state index >= 15 is 0 Å². The van der Waals surface area contributed by atoms with Crippen LogP contribution in [0.25, 0.3) is 54.9 Å². The molecule has 590 valence electrons. The fourth-order valence-corrected chi connectivity index (χ4v) is 17.6. The number of hydrogen-bond donors (Lipinski definition) is 5. The zero-order valence-electron chi connectivity index (χ0n) is 62.8. The van der Waals surface area contributed by atoms with E-state index in [2.05, 4.69) is 73.7 Å². The van der Waals surface area contributed by atoms with Gasteiger partial charge in [-0.3, -0.25) is 18.5 Å². The van der Waals surface area contributed by atoms with Gasteiger partial charge in [-0.2, -0.15) is 8.42 Å². The Kier molecular flexibility index (Phi) is 22.8. The van der Waals surface area contributed by atoms with Crippen LogP contribution in [0.3, 0.4) is 0 Å². The second kappa shape index (κ2) is 32.4. The van der Waals surface area contributed by atoms with Crippen LogP contribution in [0.15, 0.2) is 115 Å². The van der Waals surface area contributed by atoms with Crippen LogP contribution in [0.2, 0.25) is 0 Å². The summed E-state index contributed by atoms with van der Waals surface area (Å²) in [6.07, 6.45) is 13.2. The van der Waals surface area contributed by atoms with Gasteiger partial charge in [-0.1, -0.05) is 6.07 Å². The minimum atomic E-state index is -3.79. The highest BCUT2D eigenvalue weighted by molar-refractivity contribution is 7.92. The second-order valence-electron chi connectivity index (χ2n) is 26.2. The van der Waals surface area contributed by atoms with E-state index in [4.69, 9.17) is 47.5 Å². The Hall–Kier alpha value is -11.5. The zero-order valence-corrected chi connectivity index (χ0v) is 66.9. The fourth-order valence-electron chi connectivity index (χ4n) is 13.8. The van der Waals surface area contributed by atoms with Crippen molar-refractivity contribution in [2.75, 3.05) is 135 Å². The van der Waals surface area contributed by atoms with Gasteiger partial charge in [0.25, 0.3) is 10.2 Å². The van der Waals surface area contributed by atoms with Crippen LogP contribution >= 0.6 is 11.3 Å². The maximum atomic E-state index is 11.9. The Morgan fingerprint density at radius 3 is 1.36 bits per heavy atom. The smallest absolute Gasteiger partial charge is 0.299 e. The summed E-state index contributed by atoms with van der Waals surface area (Å²) in [6, 6.07) is 25.8. The lowest BCUT2D eigenvalue weighted by molar-refractivity contribution is 0.356. The summed E-state index contributed by atoms with van der Waals surface area (Å²) in [6.45, 7) is 4.40. The molecule has 0 bridgehead atoms. The van der Waals surface area contributed by atoms with E-state index in [-0.39, 0.29) is 5.88 Å². The average molecular weight is 1630 g/mol. The molecule has 4 aliphatic heterocycles. The molecule has 12 aromatic rings. The van der Waals surface area contributed by atoms with Crippen LogP contribution in [0, 0.1) is 0 Å². The van der Waals surface area contributed by atoms with E-state index in [0.29, 0.717) is 108 Å². The van der Waals surface area contributed by atoms with E-state index in [0.717, 1.165) is 157 Å². The van der Waals surface area contributed by atoms with Crippen LogP contribution in [0.4, 0.5) is 39.8 Å². The number of nitrogens with one attached hydrogen (secondary N) is 4. The summed E-state index contributed by atoms with van der Waals surface area (Å²) >= 11 is 1.49. The van der Waals surface area contributed by atoms with Crippen molar-refractivity contribution in [3.05, 3.63) is 149 Å². The molecule has 0 aliphatic carbocycles. The van der Waals surface area contributed by atoms with Gasteiger partial charge in [-0.05, 0) is 84.5 Å². The number of ether oxygens (including phenoxy) is 8. The summed E-state index contributed by atoms with van der Waals surface area (Å²) in [5.74, 6) is 8.74. The van der Waals surface area contributed by atoms with Crippen LogP contribution in [0.5, 0.6) is 46.0 Å². The van der Waals surface area contributed by atoms with Gasteiger partial charge in [0, 0.05) is 132 Å². The first-order chi connectivity index (χ1) is 53.5. The van der Waals surface area contributed by atoms with Crippen molar-refractivity contribution in [1.82, 2.24) is 44.9 Å². The number of rotatable bonds is 19. The molecule has 0 fully saturated rings. The van der Waals surface area contributed by atoms with Crippen molar-refractivity contribution in [3.8, 4) is 57.3 Å². The van der Waals surface area contributed by atoms with Crippen molar-refractivity contribution in [2.45, 2.75) is 51.7 Å². The Morgan fingerprint density at radius 2 is 0.875 bits per heavy atom. The second-order valence-corrected chi connectivity index (χ2v) is 34.1. The summed E-state index contributed by atoms with van der Waals surface area (Å²) in [5.41, 5.74) is 10.3. The van der Waals surface area contributed by atoms with E-state index in [9.17, 15) is 33.7 Å². The number of nitrogens with two attached hydrogens (primary N) is 1. The number of aromatic amines is 1. The van der Waals surface area contributed by atoms with Crippen LogP contribution < -0.4 is 76.2 Å². The van der Waals surface area contributed by atoms with Gasteiger partial charge < -0.3 is 62.0 Å². The van der Waals surface area contributed by atoms with Gasteiger partial charge in [0.1, 0.15) is 59.3 Å². The molecule has 0 unspecified atom stereocenters. The first-order valence-corrected chi connectivity index (χ1v) is 42.6. The number of nitrogens with zero attached hydrogens (tertiary/aromatic N) is 12. The third-order valence-electron chi connectivity index (χ3n) is 18.7. The quantitative estimate of drug-likeness (QED) is 0.0504. The van der Waals surface area contributed by atoms with E-state index in [1.54, 1.807) is 81.4 Å². The number of thiophene rings is 1. The number of benzene rings is 5. The third kappa shape index (κ3) is 17.5. The first kappa shape index (κ1) is 78.6. The minimum absolute atomic E-state index is 0.230. The van der Waals surface area contributed by atoms with Gasteiger partial charge in [0.2, 0.25) is 36.0 Å². The van der Waals surface area contributed by atoms with Crippen molar-refractivity contribution in [3.63, 3.8) is 0 Å². The number of aryl methyl sites for hydroxylation is 1. The molecule has 0 atom stereocenters. The molecule has 5 aromatic carbocycles. The fraction of sp³-hybridized carbons (Fsp3) is 0.315.